The predicted molar refractivity (Wildman–Crippen MR) is 104 cm³/mol. The van der Waals surface area contributed by atoms with E-state index in [1.165, 1.54) is 0 Å². The number of carbonyl (C=O) groups is 1. The number of aliphatic hydroxyl groups is 1. The fourth-order valence-corrected chi connectivity index (χ4v) is 3.92. The van der Waals surface area contributed by atoms with Crippen LogP contribution in [0, 0.1) is 0 Å². The summed E-state index contributed by atoms with van der Waals surface area (Å²) < 4.78 is 22.2. The lowest BCUT2D eigenvalue weighted by atomic mass is 9.82. The number of ether oxygens (including phenoxy) is 4. The largest absolute Gasteiger partial charge is 0.510 e. The molecule has 1 saturated heterocycles. The maximum atomic E-state index is 10.3. The number of carboxylic acid groups (broad SMARTS) is 1. The van der Waals surface area contributed by atoms with Gasteiger partial charge in [0.2, 0.25) is 0 Å². The van der Waals surface area contributed by atoms with E-state index in [9.17, 15) is 9.90 Å². The van der Waals surface area contributed by atoms with Crippen LogP contribution < -0.4 is 0 Å². The second-order valence-corrected chi connectivity index (χ2v) is 7.58. The zero-order valence-electron chi connectivity index (χ0n) is 16.9. The predicted octanol–water partition coefficient (Wildman–Crippen LogP) is 1.98. The van der Waals surface area contributed by atoms with Gasteiger partial charge in [0.15, 0.2) is 0 Å². The van der Waals surface area contributed by atoms with Crippen molar-refractivity contribution in [3.8, 4) is 0 Å². The fraction of sp³-hybridized carbons (Fsp3) is 0.850. The van der Waals surface area contributed by atoms with Gasteiger partial charge in [-0.15, -0.1) is 0 Å². The first-order valence-electron chi connectivity index (χ1n) is 10.1. The molecule has 0 amide bonds. The van der Waals surface area contributed by atoms with Crippen molar-refractivity contribution in [1.29, 1.82) is 0 Å². The van der Waals surface area contributed by atoms with Gasteiger partial charge in [-0.2, -0.15) is 0 Å². The number of piperidine rings is 1. The molecule has 0 bridgehead atoms. The van der Waals surface area contributed by atoms with Crippen LogP contribution in [0.1, 0.15) is 38.5 Å². The lowest BCUT2D eigenvalue weighted by Crippen LogP contribution is -2.43. The number of likely N-dealkylation sites (tertiary alicyclic amines) is 1. The van der Waals surface area contributed by atoms with Crippen LogP contribution in [0.2, 0.25) is 0 Å². The molecule has 8 heteroatoms. The third-order valence-electron chi connectivity index (χ3n) is 5.73. The smallest absolute Gasteiger partial charge is 0.329 e. The van der Waals surface area contributed by atoms with Gasteiger partial charge in [-0.1, -0.05) is 6.58 Å². The molecule has 2 N–H and O–H groups in total. The lowest BCUT2D eigenvalue weighted by Gasteiger charge is -2.40. The normalized spacial score (nSPS) is 27.0. The molecule has 1 aliphatic heterocycles. The van der Waals surface area contributed by atoms with Crippen molar-refractivity contribution >= 4 is 5.97 Å². The molecule has 0 aromatic heterocycles. The number of aliphatic hydroxyl groups excluding tert-OH is 1. The molecule has 1 aliphatic carbocycles. The summed E-state index contributed by atoms with van der Waals surface area (Å²) >= 11 is 0. The second kappa shape index (κ2) is 11.7. The Morgan fingerprint density at radius 2 is 1.64 bits per heavy atom. The first kappa shape index (κ1) is 23.1. The van der Waals surface area contributed by atoms with Gasteiger partial charge >= 0.3 is 5.97 Å². The molecule has 2 rings (SSSR count). The Balaban J connectivity index is 1.53. The van der Waals surface area contributed by atoms with E-state index in [4.69, 9.17) is 24.1 Å². The molecule has 0 atom stereocenters. The number of hydrogen-bond donors (Lipinski definition) is 2. The number of aliphatic carboxylic acids is 1. The van der Waals surface area contributed by atoms with Crippen molar-refractivity contribution in [3.05, 3.63) is 12.3 Å². The molecule has 2 aliphatic rings. The summed E-state index contributed by atoms with van der Waals surface area (Å²) in [5.74, 6) is -0.840. The highest BCUT2D eigenvalue weighted by Crippen LogP contribution is 2.37. The molecule has 2 fully saturated rings. The van der Waals surface area contributed by atoms with E-state index in [0.717, 1.165) is 58.2 Å². The highest BCUT2D eigenvalue weighted by molar-refractivity contribution is 5.67. The molecule has 0 aromatic carbocycles. The maximum absolute atomic E-state index is 10.3. The van der Waals surface area contributed by atoms with Crippen molar-refractivity contribution in [3.63, 3.8) is 0 Å². The summed E-state index contributed by atoms with van der Waals surface area (Å²) in [6.07, 6.45) is 5.80. The van der Waals surface area contributed by atoms with Crippen LogP contribution in [0.5, 0.6) is 0 Å². The lowest BCUT2D eigenvalue weighted by molar-refractivity contribution is -0.142. The minimum Gasteiger partial charge on any atom is -0.510 e. The number of rotatable bonds is 12. The van der Waals surface area contributed by atoms with Crippen molar-refractivity contribution in [2.45, 2.75) is 56.3 Å². The van der Waals surface area contributed by atoms with Crippen molar-refractivity contribution in [2.75, 3.05) is 53.2 Å². The Kier molecular flexibility index (Phi) is 9.67. The molecule has 0 aromatic rings. The van der Waals surface area contributed by atoms with Gasteiger partial charge in [0, 0.05) is 26.7 Å². The molecule has 0 radical (unpaired) electrons. The molecular formula is C20H35NO7. The summed E-state index contributed by atoms with van der Waals surface area (Å²) in [7, 11) is 1.63. The van der Waals surface area contributed by atoms with Crippen LogP contribution >= 0.6 is 0 Å². The van der Waals surface area contributed by atoms with Gasteiger partial charge in [0.1, 0.15) is 18.0 Å². The van der Waals surface area contributed by atoms with Crippen molar-refractivity contribution in [2.24, 2.45) is 0 Å². The molecule has 1 saturated carbocycles. The summed E-state index contributed by atoms with van der Waals surface area (Å²) in [6.45, 7) is 7.57. The highest BCUT2D eigenvalue weighted by atomic mass is 16.5. The fourth-order valence-electron chi connectivity index (χ4n) is 3.92. The SMILES string of the molecule is C=C(O)C1(OC)CCC(OC2CCN(CCOCCOCC(=O)O)CC2)CC1. The van der Waals surface area contributed by atoms with E-state index in [1.807, 2.05) is 0 Å². The van der Waals surface area contributed by atoms with Crippen LogP contribution in [-0.2, 0) is 23.7 Å². The van der Waals surface area contributed by atoms with Gasteiger partial charge in [0.05, 0.1) is 32.0 Å². The van der Waals surface area contributed by atoms with E-state index in [2.05, 4.69) is 11.5 Å². The van der Waals surface area contributed by atoms with E-state index in [-0.39, 0.29) is 18.5 Å². The van der Waals surface area contributed by atoms with Crippen molar-refractivity contribution < 1.29 is 34.0 Å². The van der Waals surface area contributed by atoms with E-state index in [1.54, 1.807) is 7.11 Å². The van der Waals surface area contributed by atoms with Gasteiger partial charge < -0.3 is 34.1 Å². The third-order valence-corrected chi connectivity index (χ3v) is 5.73. The van der Waals surface area contributed by atoms with Gasteiger partial charge in [-0.3, -0.25) is 0 Å². The summed E-state index contributed by atoms with van der Waals surface area (Å²) in [5, 5.41) is 18.3. The Hall–Kier alpha value is -1.19. The van der Waals surface area contributed by atoms with E-state index in [0.29, 0.717) is 25.9 Å². The summed E-state index contributed by atoms with van der Waals surface area (Å²) in [6, 6.07) is 0. The topological polar surface area (TPSA) is 97.7 Å². The quantitative estimate of drug-likeness (QED) is 0.378. The number of carboxylic acids is 1. The molecule has 1 heterocycles. The Morgan fingerprint density at radius 1 is 1.04 bits per heavy atom. The van der Waals surface area contributed by atoms with Crippen LogP contribution in [-0.4, -0.2) is 92.1 Å². The van der Waals surface area contributed by atoms with Crippen molar-refractivity contribution in [1.82, 2.24) is 4.90 Å². The maximum Gasteiger partial charge on any atom is 0.329 e. The molecular weight excluding hydrogens is 366 g/mol. The third kappa shape index (κ3) is 7.33. The van der Waals surface area contributed by atoms with E-state index < -0.39 is 11.6 Å². The number of methoxy groups -OCH3 is 1. The van der Waals surface area contributed by atoms with Crippen LogP contribution in [0.3, 0.4) is 0 Å². The average Bonchev–Trinajstić information content (AvgIpc) is 2.69. The number of nitrogens with zero attached hydrogens (tertiary/aromatic N) is 1. The monoisotopic (exact) mass is 401 g/mol. The Morgan fingerprint density at radius 3 is 2.21 bits per heavy atom. The van der Waals surface area contributed by atoms with E-state index >= 15 is 0 Å². The zero-order valence-corrected chi connectivity index (χ0v) is 16.9. The minimum atomic E-state index is -0.963. The first-order valence-corrected chi connectivity index (χ1v) is 10.1. The molecule has 0 unspecified atom stereocenters. The summed E-state index contributed by atoms with van der Waals surface area (Å²) in [4.78, 5) is 12.7. The van der Waals surface area contributed by atoms with Gasteiger partial charge in [-0.25, -0.2) is 4.79 Å². The van der Waals surface area contributed by atoms with Gasteiger partial charge in [-0.05, 0) is 38.5 Å². The molecule has 162 valence electrons. The minimum absolute atomic E-state index is 0.123. The first-order chi connectivity index (χ1) is 13.4. The van der Waals surface area contributed by atoms with Crippen LogP contribution in [0.25, 0.3) is 0 Å². The highest BCUT2D eigenvalue weighted by Gasteiger charge is 2.39. The molecule has 8 nitrogen and oxygen atoms in total. The Labute approximate surface area is 167 Å². The number of hydrogen-bond acceptors (Lipinski definition) is 7. The molecule has 28 heavy (non-hydrogen) atoms. The average molecular weight is 402 g/mol. The second-order valence-electron chi connectivity index (χ2n) is 7.58. The molecule has 0 spiro atoms. The van der Waals surface area contributed by atoms with Crippen LogP contribution in [0.4, 0.5) is 0 Å². The Bertz CT molecular complexity index is 483. The van der Waals surface area contributed by atoms with Gasteiger partial charge in [0.25, 0.3) is 0 Å². The van der Waals surface area contributed by atoms with Crippen LogP contribution in [0.15, 0.2) is 12.3 Å². The standard InChI is InChI=1S/C20H35NO7/c1-16(22)20(25-2)7-3-17(4-8-20)28-18-5-9-21(10-6-18)11-12-26-13-14-27-15-19(23)24/h17-18,22H,1,3-15H2,2H3,(H,23,24). The summed E-state index contributed by atoms with van der Waals surface area (Å²) in [5.41, 5.74) is -0.595. The zero-order chi connectivity index (χ0) is 20.4.